The standard InChI is InChI=1S/C22H24FN5O/c1-2-28(22(29)25-12-16-3-6-18(23)7-4-16)20-8-5-17-9-10-27(21(17)11-20)14-19-13-24-15-26-19/h3-8,11,13,15H,2,9-10,12,14H2,1H3,(H,24,26)(H,25,29). The summed E-state index contributed by atoms with van der Waals surface area (Å²) in [7, 11) is 0. The van der Waals surface area contributed by atoms with Crippen LogP contribution in [0, 0.1) is 5.82 Å². The number of hydrogen-bond acceptors (Lipinski definition) is 3. The maximum atomic E-state index is 13.0. The number of carbonyl (C=O) groups excluding carboxylic acids is 1. The third-order valence-electron chi connectivity index (χ3n) is 5.20. The van der Waals surface area contributed by atoms with E-state index >= 15 is 0 Å². The van der Waals surface area contributed by atoms with Gasteiger partial charge in [0.25, 0.3) is 0 Å². The monoisotopic (exact) mass is 393 g/mol. The molecule has 0 spiro atoms. The number of benzene rings is 2. The lowest BCUT2D eigenvalue weighted by Gasteiger charge is -2.24. The van der Waals surface area contributed by atoms with Crippen LogP contribution in [-0.2, 0) is 19.5 Å². The highest BCUT2D eigenvalue weighted by molar-refractivity contribution is 5.92. The Bertz CT molecular complexity index is 971. The predicted octanol–water partition coefficient (Wildman–Crippen LogP) is 3.85. The number of nitrogens with one attached hydrogen (secondary N) is 2. The van der Waals surface area contributed by atoms with Crippen molar-refractivity contribution in [2.45, 2.75) is 26.4 Å². The maximum absolute atomic E-state index is 13.0. The zero-order valence-corrected chi connectivity index (χ0v) is 16.4. The van der Waals surface area contributed by atoms with Crippen molar-refractivity contribution < 1.29 is 9.18 Å². The number of anilines is 2. The molecule has 4 rings (SSSR count). The third-order valence-corrected chi connectivity index (χ3v) is 5.20. The molecule has 0 aliphatic carbocycles. The van der Waals surface area contributed by atoms with Gasteiger partial charge in [0.2, 0.25) is 0 Å². The molecule has 1 aliphatic rings. The Morgan fingerprint density at radius 1 is 1.28 bits per heavy atom. The van der Waals surface area contributed by atoms with Gasteiger partial charge < -0.3 is 15.2 Å². The van der Waals surface area contributed by atoms with Gasteiger partial charge in [0.05, 0.1) is 18.6 Å². The minimum Gasteiger partial charge on any atom is -0.365 e. The lowest BCUT2D eigenvalue weighted by atomic mass is 10.1. The molecule has 150 valence electrons. The topological polar surface area (TPSA) is 64.3 Å². The molecule has 1 aromatic heterocycles. The van der Waals surface area contributed by atoms with Gasteiger partial charge in [-0.15, -0.1) is 0 Å². The van der Waals surface area contributed by atoms with E-state index in [4.69, 9.17) is 0 Å². The van der Waals surface area contributed by atoms with E-state index in [1.165, 1.54) is 17.7 Å². The second kappa shape index (κ2) is 8.34. The summed E-state index contributed by atoms with van der Waals surface area (Å²) in [4.78, 5) is 24.1. The average molecular weight is 393 g/mol. The summed E-state index contributed by atoms with van der Waals surface area (Å²) in [6.07, 6.45) is 4.58. The van der Waals surface area contributed by atoms with Gasteiger partial charge in [0.1, 0.15) is 5.82 Å². The Labute approximate surface area is 169 Å². The largest absolute Gasteiger partial charge is 0.365 e. The van der Waals surface area contributed by atoms with Crippen molar-refractivity contribution in [2.75, 3.05) is 22.9 Å². The van der Waals surface area contributed by atoms with Crippen LogP contribution in [0.3, 0.4) is 0 Å². The Morgan fingerprint density at radius 2 is 2.10 bits per heavy atom. The lowest BCUT2D eigenvalue weighted by Crippen LogP contribution is -2.39. The molecule has 2 aromatic carbocycles. The molecule has 0 saturated carbocycles. The van der Waals surface area contributed by atoms with Gasteiger partial charge >= 0.3 is 6.03 Å². The summed E-state index contributed by atoms with van der Waals surface area (Å²) in [6.45, 7) is 4.53. The molecule has 3 aromatic rings. The van der Waals surface area contributed by atoms with E-state index in [0.717, 1.165) is 42.1 Å². The Hall–Kier alpha value is -3.35. The molecule has 2 amide bonds. The first-order valence-corrected chi connectivity index (χ1v) is 9.79. The molecule has 0 radical (unpaired) electrons. The van der Waals surface area contributed by atoms with E-state index in [0.29, 0.717) is 13.1 Å². The number of halogens is 1. The Morgan fingerprint density at radius 3 is 2.83 bits per heavy atom. The van der Waals surface area contributed by atoms with Crippen LogP contribution in [0.4, 0.5) is 20.6 Å². The van der Waals surface area contributed by atoms with Crippen molar-refractivity contribution in [3.05, 3.63) is 77.6 Å². The van der Waals surface area contributed by atoms with Crippen LogP contribution in [-0.4, -0.2) is 29.1 Å². The quantitative estimate of drug-likeness (QED) is 0.669. The minimum atomic E-state index is -0.284. The molecule has 2 N–H and O–H groups in total. The smallest absolute Gasteiger partial charge is 0.322 e. The number of nitrogens with zero attached hydrogens (tertiary/aromatic N) is 3. The molecule has 0 atom stereocenters. The zero-order valence-electron chi connectivity index (χ0n) is 16.4. The molecule has 6 nitrogen and oxygen atoms in total. The summed E-state index contributed by atoms with van der Waals surface area (Å²) in [5.41, 5.74) is 5.14. The fourth-order valence-electron chi connectivity index (χ4n) is 3.66. The normalized spacial score (nSPS) is 12.7. The number of amides is 2. The van der Waals surface area contributed by atoms with E-state index in [-0.39, 0.29) is 11.8 Å². The minimum absolute atomic E-state index is 0.173. The fraction of sp³-hybridized carbons (Fsp3) is 0.273. The van der Waals surface area contributed by atoms with Gasteiger partial charge in [-0.3, -0.25) is 4.90 Å². The summed E-state index contributed by atoms with van der Waals surface area (Å²) >= 11 is 0. The number of H-pyrrole nitrogens is 1. The summed E-state index contributed by atoms with van der Waals surface area (Å²) in [5.74, 6) is -0.284. The summed E-state index contributed by atoms with van der Waals surface area (Å²) in [5, 5.41) is 2.92. The first-order chi connectivity index (χ1) is 14.1. The number of carbonyl (C=O) groups is 1. The van der Waals surface area contributed by atoms with E-state index < -0.39 is 0 Å². The zero-order chi connectivity index (χ0) is 20.2. The lowest BCUT2D eigenvalue weighted by molar-refractivity contribution is 0.246. The van der Waals surface area contributed by atoms with Crippen LogP contribution in [0.5, 0.6) is 0 Å². The van der Waals surface area contributed by atoms with Crippen molar-refractivity contribution in [1.29, 1.82) is 0 Å². The molecular weight excluding hydrogens is 369 g/mol. The number of aromatic nitrogens is 2. The van der Waals surface area contributed by atoms with Crippen LogP contribution in [0.2, 0.25) is 0 Å². The van der Waals surface area contributed by atoms with E-state index in [9.17, 15) is 9.18 Å². The second-order valence-corrected chi connectivity index (χ2v) is 7.07. The number of imidazole rings is 1. The molecule has 7 heteroatoms. The van der Waals surface area contributed by atoms with Crippen LogP contribution >= 0.6 is 0 Å². The first-order valence-electron chi connectivity index (χ1n) is 9.79. The van der Waals surface area contributed by atoms with E-state index in [2.05, 4.69) is 32.3 Å². The van der Waals surface area contributed by atoms with E-state index in [1.54, 1.807) is 23.4 Å². The number of fused-ring (bicyclic) bond motifs is 1. The second-order valence-electron chi connectivity index (χ2n) is 7.07. The molecule has 2 heterocycles. The van der Waals surface area contributed by atoms with Gasteiger partial charge in [0.15, 0.2) is 0 Å². The van der Waals surface area contributed by atoms with Crippen LogP contribution in [0.15, 0.2) is 55.0 Å². The Kier molecular flexibility index (Phi) is 5.46. The van der Waals surface area contributed by atoms with Crippen molar-refractivity contribution in [2.24, 2.45) is 0 Å². The van der Waals surface area contributed by atoms with Gasteiger partial charge in [-0.05, 0) is 48.7 Å². The molecule has 0 bridgehead atoms. The average Bonchev–Trinajstić information content (AvgIpc) is 3.39. The highest BCUT2D eigenvalue weighted by atomic mass is 19.1. The van der Waals surface area contributed by atoms with Crippen molar-refractivity contribution >= 4 is 17.4 Å². The van der Waals surface area contributed by atoms with Crippen LogP contribution in [0.25, 0.3) is 0 Å². The molecule has 1 aliphatic heterocycles. The SMILES string of the molecule is CCN(C(=O)NCc1ccc(F)cc1)c1ccc2c(c1)N(Cc1c[nH]cn1)CC2. The van der Waals surface area contributed by atoms with Crippen molar-refractivity contribution in [3.63, 3.8) is 0 Å². The highest BCUT2D eigenvalue weighted by Gasteiger charge is 2.22. The van der Waals surface area contributed by atoms with Crippen molar-refractivity contribution in [1.82, 2.24) is 15.3 Å². The van der Waals surface area contributed by atoms with Gasteiger partial charge in [-0.2, -0.15) is 0 Å². The molecule has 0 unspecified atom stereocenters. The van der Waals surface area contributed by atoms with Gasteiger partial charge in [-0.25, -0.2) is 14.2 Å². The third kappa shape index (κ3) is 4.23. The van der Waals surface area contributed by atoms with Crippen LogP contribution < -0.4 is 15.1 Å². The Balaban J connectivity index is 1.47. The number of urea groups is 1. The fourth-order valence-corrected chi connectivity index (χ4v) is 3.66. The molecule has 0 saturated heterocycles. The summed E-state index contributed by atoms with van der Waals surface area (Å²) < 4.78 is 13.0. The van der Waals surface area contributed by atoms with Gasteiger partial charge in [-0.1, -0.05) is 18.2 Å². The van der Waals surface area contributed by atoms with E-state index in [1.807, 2.05) is 19.2 Å². The highest BCUT2D eigenvalue weighted by Crippen LogP contribution is 2.33. The first kappa shape index (κ1) is 19.0. The maximum Gasteiger partial charge on any atom is 0.322 e. The van der Waals surface area contributed by atoms with Gasteiger partial charge in [0, 0.05) is 37.2 Å². The van der Waals surface area contributed by atoms with Crippen LogP contribution in [0.1, 0.15) is 23.7 Å². The molecular formula is C22H24FN5O. The van der Waals surface area contributed by atoms with Crippen molar-refractivity contribution in [3.8, 4) is 0 Å². The number of hydrogen-bond donors (Lipinski definition) is 2. The molecule has 29 heavy (non-hydrogen) atoms. The number of rotatable bonds is 6. The molecule has 0 fully saturated rings. The predicted molar refractivity (Wildman–Crippen MR) is 111 cm³/mol. The number of aromatic amines is 1. The summed E-state index contributed by atoms with van der Waals surface area (Å²) in [6, 6.07) is 12.1.